The first kappa shape index (κ1) is 9.19. The summed E-state index contributed by atoms with van der Waals surface area (Å²) in [5.41, 5.74) is 6.11. The molecule has 2 bridgehead atoms. The van der Waals surface area contributed by atoms with Crippen molar-refractivity contribution in [1.82, 2.24) is 9.80 Å². The van der Waals surface area contributed by atoms with Gasteiger partial charge in [-0.25, -0.2) is 0 Å². The highest BCUT2D eigenvalue weighted by Gasteiger charge is 2.34. The molecule has 3 heterocycles. The van der Waals surface area contributed by atoms with Crippen LogP contribution in [0.2, 0.25) is 0 Å². The minimum Gasteiger partial charge on any atom is -0.326 e. The summed E-state index contributed by atoms with van der Waals surface area (Å²) < 4.78 is 0. The van der Waals surface area contributed by atoms with Crippen LogP contribution in [0.15, 0.2) is 12.7 Å². The fraction of sp³-hybridized carbons (Fsp3) is 0.800. The molecule has 0 aliphatic carbocycles. The fourth-order valence-corrected chi connectivity index (χ4v) is 2.41. The smallest absolute Gasteiger partial charge is 0.0378 e. The largest absolute Gasteiger partial charge is 0.326 e. The SMILES string of the molecule is C=CCC(N)C1CN2CCN1CC2. The zero-order valence-electron chi connectivity index (χ0n) is 8.15. The zero-order valence-corrected chi connectivity index (χ0v) is 8.15. The minimum atomic E-state index is 0.278. The van der Waals surface area contributed by atoms with Crippen molar-refractivity contribution in [3.63, 3.8) is 0 Å². The van der Waals surface area contributed by atoms with Crippen molar-refractivity contribution in [3.05, 3.63) is 12.7 Å². The summed E-state index contributed by atoms with van der Waals surface area (Å²) in [7, 11) is 0. The van der Waals surface area contributed by atoms with E-state index in [9.17, 15) is 0 Å². The van der Waals surface area contributed by atoms with Gasteiger partial charge in [0.2, 0.25) is 0 Å². The third-order valence-electron chi connectivity index (χ3n) is 3.25. The van der Waals surface area contributed by atoms with E-state index in [-0.39, 0.29) is 6.04 Å². The predicted octanol–water partition coefficient (Wildman–Crippen LogP) is -0.110. The second-order valence-electron chi connectivity index (χ2n) is 4.09. The van der Waals surface area contributed by atoms with Crippen LogP contribution in [0.5, 0.6) is 0 Å². The van der Waals surface area contributed by atoms with Crippen molar-refractivity contribution >= 4 is 0 Å². The second kappa shape index (κ2) is 3.78. The van der Waals surface area contributed by atoms with E-state index >= 15 is 0 Å². The summed E-state index contributed by atoms with van der Waals surface area (Å²) in [6.07, 6.45) is 2.87. The normalized spacial score (nSPS) is 40.2. The Morgan fingerprint density at radius 1 is 1.38 bits per heavy atom. The van der Waals surface area contributed by atoms with Gasteiger partial charge in [0.05, 0.1) is 0 Å². The molecule has 74 valence electrons. The van der Waals surface area contributed by atoms with E-state index in [1.807, 2.05) is 6.08 Å². The highest BCUT2D eigenvalue weighted by Crippen LogP contribution is 2.18. The molecular weight excluding hydrogens is 162 g/mol. The molecule has 0 saturated carbocycles. The van der Waals surface area contributed by atoms with E-state index in [1.54, 1.807) is 0 Å². The molecule has 13 heavy (non-hydrogen) atoms. The van der Waals surface area contributed by atoms with Crippen molar-refractivity contribution in [3.8, 4) is 0 Å². The van der Waals surface area contributed by atoms with Crippen molar-refractivity contribution in [2.24, 2.45) is 5.73 Å². The van der Waals surface area contributed by atoms with Crippen molar-refractivity contribution in [1.29, 1.82) is 0 Å². The number of hydrogen-bond donors (Lipinski definition) is 1. The average molecular weight is 181 g/mol. The topological polar surface area (TPSA) is 32.5 Å². The van der Waals surface area contributed by atoms with Gasteiger partial charge in [-0.15, -0.1) is 6.58 Å². The molecule has 0 amide bonds. The molecule has 0 radical (unpaired) electrons. The van der Waals surface area contributed by atoms with Gasteiger partial charge in [-0.2, -0.15) is 0 Å². The van der Waals surface area contributed by atoms with Crippen LogP contribution in [0.3, 0.4) is 0 Å². The highest BCUT2D eigenvalue weighted by molar-refractivity contribution is 4.95. The Hall–Kier alpha value is -0.380. The third kappa shape index (κ3) is 1.77. The summed E-state index contributed by atoms with van der Waals surface area (Å²) >= 11 is 0. The van der Waals surface area contributed by atoms with Crippen LogP contribution in [0, 0.1) is 0 Å². The van der Waals surface area contributed by atoms with Crippen molar-refractivity contribution in [2.45, 2.75) is 18.5 Å². The predicted molar refractivity (Wildman–Crippen MR) is 54.6 cm³/mol. The molecule has 2 N–H and O–H groups in total. The fourth-order valence-electron chi connectivity index (χ4n) is 2.41. The van der Waals surface area contributed by atoms with Gasteiger partial charge in [-0.3, -0.25) is 9.80 Å². The molecule has 0 aromatic carbocycles. The molecule has 0 aromatic heterocycles. The number of nitrogens with two attached hydrogens (primary N) is 1. The molecule has 3 nitrogen and oxygen atoms in total. The number of nitrogens with zero attached hydrogens (tertiary/aromatic N) is 2. The van der Waals surface area contributed by atoms with Crippen molar-refractivity contribution < 1.29 is 0 Å². The van der Waals surface area contributed by atoms with E-state index in [0.29, 0.717) is 6.04 Å². The molecule has 3 aliphatic rings. The monoisotopic (exact) mass is 181 g/mol. The quantitative estimate of drug-likeness (QED) is 0.617. The Balaban J connectivity index is 1.95. The van der Waals surface area contributed by atoms with Crippen molar-refractivity contribution in [2.75, 3.05) is 32.7 Å². The molecule has 3 saturated heterocycles. The first-order valence-corrected chi connectivity index (χ1v) is 5.14. The van der Waals surface area contributed by atoms with Gasteiger partial charge in [0.25, 0.3) is 0 Å². The van der Waals surface area contributed by atoms with Gasteiger partial charge in [-0.1, -0.05) is 6.08 Å². The number of hydrogen-bond acceptors (Lipinski definition) is 3. The Morgan fingerprint density at radius 3 is 2.54 bits per heavy atom. The minimum absolute atomic E-state index is 0.278. The lowest BCUT2D eigenvalue weighted by atomic mass is 9.98. The summed E-state index contributed by atoms with van der Waals surface area (Å²) in [6, 6.07) is 0.848. The van der Waals surface area contributed by atoms with Gasteiger partial charge in [-0.05, 0) is 6.42 Å². The molecule has 0 spiro atoms. The van der Waals surface area contributed by atoms with E-state index in [1.165, 1.54) is 26.2 Å². The molecule has 2 unspecified atom stereocenters. The Kier molecular flexibility index (Phi) is 2.67. The summed E-state index contributed by atoms with van der Waals surface area (Å²) in [4.78, 5) is 5.06. The van der Waals surface area contributed by atoms with Crippen LogP contribution in [0.4, 0.5) is 0 Å². The van der Waals surface area contributed by atoms with Crippen LogP contribution < -0.4 is 5.73 Å². The molecule has 3 fully saturated rings. The second-order valence-corrected chi connectivity index (χ2v) is 4.09. The van der Waals surface area contributed by atoms with Crippen LogP contribution in [0.1, 0.15) is 6.42 Å². The van der Waals surface area contributed by atoms with Crippen LogP contribution in [0.25, 0.3) is 0 Å². The van der Waals surface area contributed by atoms with E-state index in [2.05, 4.69) is 16.4 Å². The maximum Gasteiger partial charge on any atom is 0.0378 e. The Bertz CT molecular complexity index is 185. The van der Waals surface area contributed by atoms with E-state index in [0.717, 1.165) is 13.0 Å². The number of rotatable bonds is 3. The van der Waals surface area contributed by atoms with Gasteiger partial charge in [0.15, 0.2) is 0 Å². The number of fused-ring (bicyclic) bond motifs is 3. The van der Waals surface area contributed by atoms with E-state index in [4.69, 9.17) is 5.73 Å². The van der Waals surface area contributed by atoms with Gasteiger partial charge < -0.3 is 5.73 Å². The van der Waals surface area contributed by atoms with Gasteiger partial charge in [0, 0.05) is 44.8 Å². The standard InChI is InChI=1S/C10H19N3/c1-2-3-9(11)10-8-12-4-6-13(10)7-5-12/h2,9-10H,1,3-8,11H2. The first-order valence-electron chi connectivity index (χ1n) is 5.14. The lowest BCUT2D eigenvalue weighted by Crippen LogP contribution is -2.65. The third-order valence-corrected chi connectivity index (χ3v) is 3.25. The molecular formula is C10H19N3. The molecule has 3 rings (SSSR count). The highest BCUT2D eigenvalue weighted by atomic mass is 15.3. The van der Waals surface area contributed by atoms with Gasteiger partial charge in [0.1, 0.15) is 0 Å². The Labute approximate surface area is 80.2 Å². The number of piperazine rings is 3. The van der Waals surface area contributed by atoms with Crippen LogP contribution >= 0.6 is 0 Å². The van der Waals surface area contributed by atoms with Crippen LogP contribution in [-0.2, 0) is 0 Å². The zero-order chi connectivity index (χ0) is 9.26. The maximum absolute atomic E-state index is 6.11. The summed E-state index contributed by atoms with van der Waals surface area (Å²) in [5, 5.41) is 0. The lowest BCUT2D eigenvalue weighted by Gasteiger charge is -2.49. The molecule has 0 aromatic rings. The average Bonchev–Trinajstić information content (AvgIpc) is 2.20. The van der Waals surface area contributed by atoms with Gasteiger partial charge >= 0.3 is 0 Å². The molecule has 2 atom stereocenters. The summed E-state index contributed by atoms with van der Waals surface area (Å²) in [6.45, 7) is 9.78. The molecule has 3 heteroatoms. The lowest BCUT2D eigenvalue weighted by molar-refractivity contribution is 0.00293. The van der Waals surface area contributed by atoms with Crippen LogP contribution in [-0.4, -0.2) is 54.6 Å². The maximum atomic E-state index is 6.11. The Morgan fingerprint density at radius 2 is 2.08 bits per heavy atom. The summed E-state index contributed by atoms with van der Waals surface area (Å²) in [5.74, 6) is 0. The first-order chi connectivity index (χ1) is 6.31. The molecule has 3 aliphatic heterocycles. The van der Waals surface area contributed by atoms with E-state index < -0.39 is 0 Å².